The summed E-state index contributed by atoms with van der Waals surface area (Å²) in [6.07, 6.45) is 2.76. The SMILES string of the molecule is CCc1ccc(Cn2cccc(C(N)=S)c2=O)cc1. The molecule has 0 saturated heterocycles. The highest BCUT2D eigenvalue weighted by molar-refractivity contribution is 7.80. The van der Waals surface area contributed by atoms with E-state index in [2.05, 4.69) is 19.1 Å². The predicted octanol–water partition coefficient (Wildman–Crippen LogP) is 2.09. The molecule has 98 valence electrons. The summed E-state index contributed by atoms with van der Waals surface area (Å²) >= 11 is 4.87. The number of rotatable bonds is 4. The molecule has 2 N–H and O–H groups in total. The van der Waals surface area contributed by atoms with E-state index in [4.69, 9.17) is 18.0 Å². The van der Waals surface area contributed by atoms with Crippen LogP contribution in [0.4, 0.5) is 0 Å². The first-order chi connectivity index (χ1) is 9.11. The lowest BCUT2D eigenvalue weighted by molar-refractivity contribution is 0.757. The Kier molecular flexibility index (Phi) is 4.12. The number of nitrogens with zero attached hydrogens (tertiary/aromatic N) is 1. The van der Waals surface area contributed by atoms with Crippen LogP contribution in [0.1, 0.15) is 23.6 Å². The molecule has 0 aliphatic rings. The third kappa shape index (κ3) is 3.09. The molecule has 1 aromatic carbocycles. The van der Waals surface area contributed by atoms with E-state index < -0.39 is 0 Å². The van der Waals surface area contributed by atoms with E-state index in [1.165, 1.54) is 5.56 Å². The van der Waals surface area contributed by atoms with Crippen molar-refractivity contribution < 1.29 is 0 Å². The van der Waals surface area contributed by atoms with Crippen LogP contribution in [0.25, 0.3) is 0 Å². The Morgan fingerprint density at radius 1 is 1.21 bits per heavy atom. The van der Waals surface area contributed by atoms with Crippen LogP contribution in [0.2, 0.25) is 0 Å². The standard InChI is InChI=1S/C15H16N2OS/c1-2-11-5-7-12(8-6-11)10-17-9-3-4-13(14(16)19)15(17)18/h3-9H,2,10H2,1H3,(H2,16,19). The zero-order chi connectivity index (χ0) is 13.8. The largest absolute Gasteiger partial charge is 0.389 e. The fourth-order valence-corrected chi connectivity index (χ4v) is 2.08. The van der Waals surface area contributed by atoms with Crippen LogP contribution in [0, 0.1) is 0 Å². The van der Waals surface area contributed by atoms with Gasteiger partial charge in [0.15, 0.2) is 0 Å². The van der Waals surface area contributed by atoms with Gasteiger partial charge in [-0.05, 0) is 29.7 Å². The van der Waals surface area contributed by atoms with E-state index in [0.29, 0.717) is 12.1 Å². The highest BCUT2D eigenvalue weighted by atomic mass is 32.1. The molecule has 0 amide bonds. The summed E-state index contributed by atoms with van der Waals surface area (Å²) < 4.78 is 1.62. The Morgan fingerprint density at radius 2 is 1.84 bits per heavy atom. The molecule has 1 aromatic heterocycles. The fourth-order valence-electron chi connectivity index (χ4n) is 1.93. The van der Waals surface area contributed by atoms with Gasteiger partial charge in [0.25, 0.3) is 5.56 Å². The van der Waals surface area contributed by atoms with Gasteiger partial charge in [0.1, 0.15) is 4.99 Å². The summed E-state index contributed by atoms with van der Waals surface area (Å²) in [6, 6.07) is 11.7. The average Bonchev–Trinajstić information content (AvgIpc) is 2.41. The molecule has 0 aliphatic carbocycles. The minimum Gasteiger partial charge on any atom is -0.389 e. The summed E-state index contributed by atoms with van der Waals surface area (Å²) in [6.45, 7) is 2.64. The number of aromatic nitrogens is 1. The van der Waals surface area contributed by atoms with Crippen molar-refractivity contribution in [2.75, 3.05) is 0 Å². The first-order valence-corrected chi connectivity index (χ1v) is 6.59. The zero-order valence-electron chi connectivity index (χ0n) is 10.8. The van der Waals surface area contributed by atoms with Gasteiger partial charge in [0.05, 0.1) is 12.1 Å². The zero-order valence-corrected chi connectivity index (χ0v) is 11.6. The Bertz CT molecular complexity index is 644. The van der Waals surface area contributed by atoms with Crippen LogP contribution < -0.4 is 11.3 Å². The predicted molar refractivity (Wildman–Crippen MR) is 81.5 cm³/mol. The van der Waals surface area contributed by atoms with Crippen molar-refractivity contribution in [1.82, 2.24) is 4.57 Å². The molecule has 19 heavy (non-hydrogen) atoms. The number of benzene rings is 1. The second-order valence-electron chi connectivity index (χ2n) is 4.39. The molecule has 0 unspecified atom stereocenters. The molecule has 1 heterocycles. The topological polar surface area (TPSA) is 48.0 Å². The maximum absolute atomic E-state index is 12.1. The molecular formula is C15H16N2OS. The van der Waals surface area contributed by atoms with Gasteiger partial charge in [-0.25, -0.2) is 0 Å². The molecule has 0 bridgehead atoms. The van der Waals surface area contributed by atoms with Crippen molar-refractivity contribution in [1.29, 1.82) is 0 Å². The molecule has 0 fully saturated rings. The number of nitrogens with two attached hydrogens (primary N) is 1. The van der Waals surface area contributed by atoms with Crippen LogP contribution >= 0.6 is 12.2 Å². The highest BCUT2D eigenvalue weighted by Gasteiger charge is 2.05. The molecule has 0 atom stereocenters. The minimum atomic E-state index is -0.144. The highest BCUT2D eigenvalue weighted by Crippen LogP contribution is 2.06. The van der Waals surface area contributed by atoms with Gasteiger partial charge in [0, 0.05) is 6.20 Å². The lowest BCUT2D eigenvalue weighted by Gasteiger charge is -2.08. The van der Waals surface area contributed by atoms with E-state index >= 15 is 0 Å². The fraction of sp³-hybridized carbons (Fsp3) is 0.200. The van der Waals surface area contributed by atoms with Crippen LogP contribution in [0.5, 0.6) is 0 Å². The van der Waals surface area contributed by atoms with Gasteiger partial charge in [-0.2, -0.15) is 0 Å². The maximum Gasteiger partial charge on any atom is 0.261 e. The second kappa shape index (κ2) is 5.80. The van der Waals surface area contributed by atoms with E-state index in [0.717, 1.165) is 12.0 Å². The molecule has 0 saturated carbocycles. The third-order valence-electron chi connectivity index (χ3n) is 3.07. The molecule has 0 aliphatic heterocycles. The van der Waals surface area contributed by atoms with Gasteiger partial charge in [0.2, 0.25) is 0 Å². The summed E-state index contributed by atoms with van der Waals surface area (Å²) in [5.74, 6) is 0. The minimum absolute atomic E-state index is 0.140. The van der Waals surface area contributed by atoms with Crippen LogP contribution in [0.3, 0.4) is 0 Å². The van der Waals surface area contributed by atoms with Crippen molar-refractivity contribution >= 4 is 17.2 Å². The van der Waals surface area contributed by atoms with E-state index in [1.54, 1.807) is 22.9 Å². The van der Waals surface area contributed by atoms with E-state index in [9.17, 15) is 4.79 Å². The third-order valence-corrected chi connectivity index (χ3v) is 3.29. The van der Waals surface area contributed by atoms with Crippen LogP contribution in [-0.2, 0) is 13.0 Å². The Morgan fingerprint density at radius 3 is 2.42 bits per heavy atom. The van der Waals surface area contributed by atoms with E-state index in [-0.39, 0.29) is 10.5 Å². The Hall–Kier alpha value is -1.94. The number of thiocarbonyl (C=S) groups is 1. The van der Waals surface area contributed by atoms with Crippen molar-refractivity contribution in [3.05, 3.63) is 69.6 Å². The lowest BCUT2D eigenvalue weighted by Crippen LogP contribution is -2.28. The number of hydrogen-bond acceptors (Lipinski definition) is 2. The first-order valence-electron chi connectivity index (χ1n) is 6.19. The van der Waals surface area contributed by atoms with Crippen molar-refractivity contribution in [2.24, 2.45) is 5.73 Å². The summed E-state index contributed by atoms with van der Waals surface area (Å²) in [4.78, 5) is 12.3. The average molecular weight is 272 g/mol. The van der Waals surface area contributed by atoms with Crippen LogP contribution in [-0.4, -0.2) is 9.56 Å². The first kappa shape index (κ1) is 13.5. The van der Waals surface area contributed by atoms with Gasteiger partial charge < -0.3 is 10.3 Å². The lowest BCUT2D eigenvalue weighted by atomic mass is 10.1. The normalized spacial score (nSPS) is 10.4. The molecule has 2 aromatic rings. The Labute approximate surface area is 117 Å². The summed E-state index contributed by atoms with van der Waals surface area (Å²) in [7, 11) is 0. The molecule has 4 heteroatoms. The molecule has 2 rings (SSSR count). The van der Waals surface area contributed by atoms with Gasteiger partial charge in [-0.15, -0.1) is 0 Å². The maximum atomic E-state index is 12.1. The van der Waals surface area contributed by atoms with Crippen molar-refractivity contribution in [3.8, 4) is 0 Å². The summed E-state index contributed by atoms with van der Waals surface area (Å²) in [5, 5.41) is 0. The number of hydrogen-bond donors (Lipinski definition) is 1. The quantitative estimate of drug-likeness (QED) is 0.867. The smallest absolute Gasteiger partial charge is 0.261 e. The summed E-state index contributed by atoms with van der Waals surface area (Å²) in [5.41, 5.74) is 8.15. The van der Waals surface area contributed by atoms with Crippen molar-refractivity contribution in [2.45, 2.75) is 19.9 Å². The molecular weight excluding hydrogens is 256 g/mol. The molecule has 0 spiro atoms. The van der Waals surface area contributed by atoms with Gasteiger partial charge in [-0.1, -0.05) is 43.4 Å². The monoisotopic (exact) mass is 272 g/mol. The van der Waals surface area contributed by atoms with Crippen molar-refractivity contribution in [3.63, 3.8) is 0 Å². The number of pyridine rings is 1. The van der Waals surface area contributed by atoms with E-state index in [1.807, 2.05) is 12.1 Å². The second-order valence-corrected chi connectivity index (χ2v) is 4.83. The number of aryl methyl sites for hydroxylation is 1. The molecule has 0 radical (unpaired) electrons. The van der Waals surface area contributed by atoms with Gasteiger partial charge in [-0.3, -0.25) is 4.79 Å². The van der Waals surface area contributed by atoms with Gasteiger partial charge >= 0.3 is 0 Å². The van der Waals surface area contributed by atoms with Crippen LogP contribution in [0.15, 0.2) is 47.4 Å². The molecule has 3 nitrogen and oxygen atoms in total. The Balaban J connectivity index is 2.30.